The Hall–Kier alpha value is -2.21. The number of rotatable bonds is 5. The van der Waals surface area contributed by atoms with Crippen LogP contribution < -0.4 is 0 Å². The van der Waals surface area contributed by atoms with E-state index in [-0.39, 0.29) is 17.3 Å². The van der Waals surface area contributed by atoms with Gasteiger partial charge in [0.2, 0.25) is 5.78 Å². The summed E-state index contributed by atoms with van der Waals surface area (Å²) in [5.74, 6) is 0.777. The van der Waals surface area contributed by atoms with Crippen molar-refractivity contribution in [1.82, 2.24) is 4.98 Å². The third-order valence-electron chi connectivity index (χ3n) is 3.68. The van der Waals surface area contributed by atoms with Crippen LogP contribution >= 0.6 is 35.0 Å². The molecule has 4 aromatic rings. The number of halogens is 2. The van der Waals surface area contributed by atoms with Gasteiger partial charge in [-0.05, 0) is 42.5 Å². The number of oxazole rings is 1. The maximum Gasteiger partial charge on any atom is 0.257 e. The van der Waals surface area contributed by atoms with Gasteiger partial charge in [0.15, 0.2) is 11.3 Å². The fraction of sp³-hybridized carbons (Fsp3) is 0.0526. The zero-order valence-corrected chi connectivity index (χ0v) is 15.6. The molecule has 0 saturated carbocycles. The summed E-state index contributed by atoms with van der Waals surface area (Å²) in [4.78, 5) is 16.7. The lowest BCUT2D eigenvalue weighted by Crippen LogP contribution is -2.00. The quantitative estimate of drug-likeness (QED) is 0.286. The van der Waals surface area contributed by atoms with E-state index in [2.05, 4.69) is 4.98 Å². The molecule has 2 heterocycles. The number of carbonyl (C=O) groups excluding carboxylic acids is 1. The van der Waals surface area contributed by atoms with E-state index in [0.29, 0.717) is 32.2 Å². The van der Waals surface area contributed by atoms with Crippen molar-refractivity contribution in [3.63, 3.8) is 0 Å². The Balaban J connectivity index is 1.47. The third kappa shape index (κ3) is 3.51. The lowest BCUT2D eigenvalue weighted by Gasteiger charge is -2.01. The Morgan fingerprint density at radius 1 is 1.04 bits per heavy atom. The number of benzene rings is 2. The lowest BCUT2D eigenvalue weighted by molar-refractivity contribution is 0.0992. The second kappa shape index (κ2) is 7.19. The molecule has 4 rings (SSSR count). The Morgan fingerprint density at radius 2 is 1.88 bits per heavy atom. The first-order chi connectivity index (χ1) is 12.6. The fourth-order valence-electron chi connectivity index (χ4n) is 2.43. The van der Waals surface area contributed by atoms with Crippen LogP contribution in [0.25, 0.3) is 22.4 Å². The van der Waals surface area contributed by atoms with E-state index >= 15 is 0 Å². The predicted molar refractivity (Wildman–Crippen MR) is 103 cm³/mol. The topological polar surface area (TPSA) is 56.2 Å². The van der Waals surface area contributed by atoms with Gasteiger partial charge in [0.25, 0.3) is 5.22 Å². The molecule has 0 aliphatic rings. The van der Waals surface area contributed by atoms with Crippen LogP contribution in [0, 0.1) is 0 Å². The molecular weight excluding hydrogens is 393 g/mol. The summed E-state index contributed by atoms with van der Waals surface area (Å²) in [7, 11) is 0. The minimum Gasteiger partial charge on any atom is -0.453 e. The summed E-state index contributed by atoms with van der Waals surface area (Å²) in [6.45, 7) is 0. The number of carbonyl (C=O) groups is 1. The zero-order valence-electron chi connectivity index (χ0n) is 13.2. The van der Waals surface area contributed by atoms with E-state index in [0.717, 1.165) is 5.52 Å². The molecule has 0 fully saturated rings. The summed E-state index contributed by atoms with van der Waals surface area (Å²) >= 11 is 13.3. The number of para-hydroxylation sites is 2. The summed E-state index contributed by atoms with van der Waals surface area (Å²) in [5.41, 5.74) is 2.14. The maximum atomic E-state index is 12.4. The van der Waals surface area contributed by atoms with E-state index in [9.17, 15) is 4.79 Å². The highest BCUT2D eigenvalue weighted by molar-refractivity contribution is 7.99. The van der Waals surface area contributed by atoms with Crippen molar-refractivity contribution in [2.24, 2.45) is 0 Å². The van der Waals surface area contributed by atoms with Crippen molar-refractivity contribution in [3.8, 4) is 11.3 Å². The average molecular weight is 404 g/mol. The van der Waals surface area contributed by atoms with Gasteiger partial charge < -0.3 is 8.83 Å². The number of ketones is 1. The summed E-state index contributed by atoms with van der Waals surface area (Å²) in [5, 5.41) is 1.45. The Kier molecular flexibility index (Phi) is 4.76. The van der Waals surface area contributed by atoms with Crippen molar-refractivity contribution in [1.29, 1.82) is 0 Å². The first-order valence-corrected chi connectivity index (χ1v) is 9.41. The number of aromatic nitrogens is 1. The molecule has 0 radical (unpaired) electrons. The second-order valence-electron chi connectivity index (χ2n) is 5.45. The molecule has 0 bridgehead atoms. The van der Waals surface area contributed by atoms with E-state index in [1.165, 1.54) is 11.8 Å². The van der Waals surface area contributed by atoms with Crippen LogP contribution in [-0.4, -0.2) is 16.5 Å². The van der Waals surface area contributed by atoms with Crippen molar-refractivity contribution in [2.45, 2.75) is 5.22 Å². The molecule has 0 amide bonds. The zero-order chi connectivity index (χ0) is 18.1. The fourth-order valence-corrected chi connectivity index (χ4v) is 3.64. The minimum atomic E-state index is -0.159. The van der Waals surface area contributed by atoms with Gasteiger partial charge in [0, 0.05) is 10.6 Å². The van der Waals surface area contributed by atoms with Gasteiger partial charge in [-0.3, -0.25) is 4.79 Å². The Labute approximate surface area is 163 Å². The van der Waals surface area contributed by atoms with Crippen molar-refractivity contribution >= 4 is 51.8 Å². The normalized spacial score (nSPS) is 11.2. The summed E-state index contributed by atoms with van der Waals surface area (Å²) in [6.07, 6.45) is 0. The average Bonchev–Trinajstić information content (AvgIpc) is 3.26. The number of Topliss-reactive ketones (excluding diaryl/α,β-unsaturated/α-hetero) is 1. The highest BCUT2D eigenvalue weighted by Crippen LogP contribution is 2.32. The van der Waals surface area contributed by atoms with Gasteiger partial charge in [-0.25, -0.2) is 4.98 Å². The van der Waals surface area contributed by atoms with E-state index < -0.39 is 0 Å². The smallest absolute Gasteiger partial charge is 0.257 e. The van der Waals surface area contributed by atoms with E-state index in [1.54, 1.807) is 30.3 Å². The molecule has 130 valence electrons. The Bertz CT molecular complexity index is 1070. The number of furan rings is 1. The number of thioether (sulfide) groups is 1. The second-order valence-corrected chi connectivity index (χ2v) is 7.22. The third-order valence-corrected chi connectivity index (χ3v) is 5.05. The van der Waals surface area contributed by atoms with Crippen LogP contribution in [0.1, 0.15) is 10.6 Å². The first-order valence-electron chi connectivity index (χ1n) is 7.67. The van der Waals surface area contributed by atoms with Crippen LogP contribution in [-0.2, 0) is 0 Å². The molecule has 0 aliphatic heterocycles. The first kappa shape index (κ1) is 17.2. The molecule has 0 spiro atoms. The highest BCUT2D eigenvalue weighted by Gasteiger charge is 2.16. The van der Waals surface area contributed by atoms with Crippen LogP contribution in [0.15, 0.2) is 68.7 Å². The molecule has 2 aromatic heterocycles. The largest absolute Gasteiger partial charge is 0.453 e. The predicted octanol–water partition coefficient (Wildman–Crippen LogP) is 6.37. The standard InChI is InChI=1S/C19H11Cl2NO3S/c20-11-5-6-12(13(21)9-11)16-7-8-18(24-16)15(23)10-26-19-22-14-3-1-2-4-17(14)25-19/h1-9H,10H2. The van der Waals surface area contributed by atoms with Gasteiger partial charge in [-0.15, -0.1) is 0 Å². The summed E-state index contributed by atoms with van der Waals surface area (Å²) in [6, 6.07) is 15.9. The minimum absolute atomic E-state index is 0.159. The molecule has 0 aliphatic carbocycles. The lowest BCUT2D eigenvalue weighted by atomic mass is 10.2. The monoisotopic (exact) mass is 403 g/mol. The van der Waals surface area contributed by atoms with E-state index in [1.807, 2.05) is 24.3 Å². The highest BCUT2D eigenvalue weighted by atomic mass is 35.5. The number of nitrogens with zero attached hydrogens (tertiary/aromatic N) is 1. The van der Waals surface area contributed by atoms with Gasteiger partial charge in [0.05, 0.1) is 10.8 Å². The van der Waals surface area contributed by atoms with Crippen LogP contribution in [0.4, 0.5) is 0 Å². The van der Waals surface area contributed by atoms with Gasteiger partial charge in [-0.1, -0.05) is 47.1 Å². The molecule has 4 nitrogen and oxygen atoms in total. The van der Waals surface area contributed by atoms with Gasteiger partial charge >= 0.3 is 0 Å². The van der Waals surface area contributed by atoms with Crippen molar-refractivity contribution < 1.29 is 13.6 Å². The Morgan fingerprint density at radius 3 is 2.69 bits per heavy atom. The molecular formula is C19H11Cl2NO3S. The van der Waals surface area contributed by atoms with Crippen molar-refractivity contribution in [3.05, 3.63) is 70.4 Å². The van der Waals surface area contributed by atoms with Crippen LogP contribution in [0.2, 0.25) is 10.0 Å². The number of fused-ring (bicyclic) bond motifs is 1. The van der Waals surface area contributed by atoms with Gasteiger partial charge in [-0.2, -0.15) is 0 Å². The van der Waals surface area contributed by atoms with Crippen LogP contribution in [0.3, 0.4) is 0 Å². The SMILES string of the molecule is O=C(CSc1nc2ccccc2o1)c1ccc(-c2ccc(Cl)cc2Cl)o1. The van der Waals surface area contributed by atoms with Crippen LogP contribution in [0.5, 0.6) is 0 Å². The maximum absolute atomic E-state index is 12.4. The van der Waals surface area contributed by atoms with Gasteiger partial charge in [0.1, 0.15) is 11.3 Å². The molecule has 0 N–H and O–H groups in total. The summed E-state index contributed by atoms with van der Waals surface area (Å²) < 4.78 is 11.3. The molecule has 0 saturated heterocycles. The number of hydrogen-bond donors (Lipinski definition) is 0. The number of hydrogen-bond acceptors (Lipinski definition) is 5. The molecule has 7 heteroatoms. The molecule has 0 atom stereocenters. The van der Waals surface area contributed by atoms with Crippen molar-refractivity contribution in [2.75, 3.05) is 5.75 Å². The molecule has 2 aromatic carbocycles. The molecule has 26 heavy (non-hydrogen) atoms. The van der Waals surface area contributed by atoms with E-state index in [4.69, 9.17) is 32.0 Å². The molecule has 0 unspecified atom stereocenters.